The van der Waals surface area contributed by atoms with Crippen molar-refractivity contribution >= 4 is 38.3 Å². The van der Waals surface area contributed by atoms with Crippen LogP contribution in [0, 0.1) is 23.4 Å². The minimum Gasteiger partial charge on any atom is -0.346 e. The summed E-state index contributed by atoms with van der Waals surface area (Å²) in [4.78, 5) is 18.3. The Kier molecular flexibility index (Phi) is 3.84. The van der Waals surface area contributed by atoms with E-state index in [4.69, 9.17) is 0 Å². The number of fused-ring (bicyclic) bond motifs is 1. The van der Waals surface area contributed by atoms with Crippen LogP contribution in [0.15, 0.2) is 36.4 Å². The van der Waals surface area contributed by atoms with E-state index in [2.05, 4.69) is 10.3 Å². The first-order valence-electron chi connectivity index (χ1n) is 7.57. The fourth-order valence-electron chi connectivity index (χ4n) is 2.66. The van der Waals surface area contributed by atoms with Gasteiger partial charge in [0.15, 0.2) is 16.8 Å². The van der Waals surface area contributed by atoms with Gasteiger partial charge in [0.25, 0.3) is 0 Å². The number of nitrogens with one attached hydrogen (secondary N) is 1. The highest BCUT2D eigenvalue weighted by Crippen LogP contribution is 2.34. The maximum atomic E-state index is 13.7. The number of aromatic nitrogens is 1. The monoisotopic (exact) mass is 363 g/mol. The highest BCUT2D eigenvalue weighted by molar-refractivity contribution is 7.22. The SMILES string of the molecule is O=C(Nc1ccc(F)c(F)c1)C1CN(c2nc3c(F)cccc3s2)C1. The Morgan fingerprint density at radius 2 is 1.92 bits per heavy atom. The Hall–Kier alpha value is -2.61. The molecule has 3 aromatic rings. The van der Waals surface area contributed by atoms with Gasteiger partial charge >= 0.3 is 0 Å². The van der Waals surface area contributed by atoms with Gasteiger partial charge in [-0.05, 0) is 24.3 Å². The highest BCUT2D eigenvalue weighted by atomic mass is 32.1. The molecule has 0 aliphatic carbocycles. The van der Waals surface area contributed by atoms with Crippen LogP contribution in [0.3, 0.4) is 0 Å². The van der Waals surface area contributed by atoms with Crippen LogP contribution >= 0.6 is 11.3 Å². The zero-order valence-electron chi connectivity index (χ0n) is 12.8. The highest BCUT2D eigenvalue weighted by Gasteiger charge is 2.34. The molecule has 1 fully saturated rings. The summed E-state index contributed by atoms with van der Waals surface area (Å²) in [5.41, 5.74) is 0.543. The summed E-state index contributed by atoms with van der Waals surface area (Å²) in [6.45, 7) is 0.883. The number of benzene rings is 2. The molecule has 0 spiro atoms. The third kappa shape index (κ3) is 2.93. The maximum Gasteiger partial charge on any atom is 0.231 e. The molecule has 128 valence electrons. The molecule has 1 amide bonds. The molecule has 0 saturated carbocycles. The minimum absolute atomic E-state index is 0.212. The van der Waals surface area contributed by atoms with E-state index in [1.165, 1.54) is 23.5 Å². The van der Waals surface area contributed by atoms with Crippen LogP contribution in [0.2, 0.25) is 0 Å². The van der Waals surface area contributed by atoms with E-state index in [0.717, 1.165) is 16.8 Å². The minimum atomic E-state index is -1.01. The third-order valence-electron chi connectivity index (χ3n) is 4.07. The lowest BCUT2D eigenvalue weighted by Gasteiger charge is -2.37. The number of nitrogens with zero attached hydrogens (tertiary/aromatic N) is 2. The van der Waals surface area contributed by atoms with Crippen molar-refractivity contribution in [1.82, 2.24) is 4.98 Å². The van der Waals surface area contributed by atoms with Gasteiger partial charge in [0.05, 0.1) is 10.6 Å². The maximum absolute atomic E-state index is 13.7. The summed E-state index contributed by atoms with van der Waals surface area (Å²) in [6, 6.07) is 8.01. The van der Waals surface area contributed by atoms with Gasteiger partial charge < -0.3 is 10.2 Å². The summed E-state index contributed by atoms with van der Waals surface area (Å²) in [5.74, 6) is -2.90. The fraction of sp³-hybridized carbons (Fsp3) is 0.176. The number of hydrogen-bond acceptors (Lipinski definition) is 4. The second-order valence-electron chi connectivity index (χ2n) is 5.80. The topological polar surface area (TPSA) is 45.2 Å². The fourth-order valence-corrected chi connectivity index (χ4v) is 3.66. The van der Waals surface area contributed by atoms with E-state index in [1.807, 2.05) is 4.90 Å². The standard InChI is InChI=1S/C17H12F3N3OS/c18-11-5-4-10(6-13(11)20)21-16(24)9-7-23(8-9)17-22-15-12(19)2-1-3-14(15)25-17/h1-6,9H,7-8H2,(H,21,24). The molecule has 0 atom stereocenters. The van der Waals surface area contributed by atoms with E-state index >= 15 is 0 Å². The first kappa shape index (κ1) is 15.9. The summed E-state index contributed by atoms with van der Waals surface area (Å²) in [5, 5.41) is 3.23. The average Bonchev–Trinajstić information content (AvgIpc) is 2.94. The number of rotatable bonds is 3. The van der Waals surface area contributed by atoms with Crippen molar-refractivity contribution in [2.24, 2.45) is 5.92 Å². The Morgan fingerprint density at radius 1 is 1.12 bits per heavy atom. The van der Waals surface area contributed by atoms with Crippen molar-refractivity contribution in [2.45, 2.75) is 0 Å². The van der Waals surface area contributed by atoms with E-state index in [-0.39, 0.29) is 23.3 Å². The van der Waals surface area contributed by atoms with Crippen LogP contribution in [0.4, 0.5) is 24.0 Å². The number of hydrogen-bond donors (Lipinski definition) is 1. The Morgan fingerprint density at radius 3 is 2.64 bits per heavy atom. The number of carbonyl (C=O) groups excluding carboxylic acids is 1. The van der Waals surface area contributed by atoms with Gasteiger partial charge in [-0.3, -0.25) is 4.79 Å². The first-order chi connectivity index (χ1) is 12.0. The molecule has 1 N–H and O–H groups in total. The van der Waals surface area contributed by atoms with Crippen LogP contribution in [-0.2, 0) is 4.79 Å². The van der Waals surface area contributed by atoms with Gasteiger partial charge in [0.2, 0.25) is 5.91 Å². The molecule has 1 saturated heterocycles. The predicted molar refractivity (Wildman–Crippen MR) is 90.3 cm³/mol. The molecule has 25 heavy (non-hydrogen) atoms. The van der Waals surface area contributed by atoms with E-state index < -0.39 is 11.6 Å². The number of halogens is 3. The molecule has 2 heterocycles. The zero-order valence-corrected chi connectivity index (χ0v) is 13.6. The number of anilines is 2. The van der Waals surface area contributed by atoms with Crippen molar-refractivity contribution in [2.75, 3.05) is 23.3 Å². The van der Waals surface area contributed by atoms with Crippen molar-refractivity contribution in [1.29, 1.82) is 0 Å². The molecule has 4 nitrogen and oxygen atoms in total. The molecule has 1 aliphatic rings. The van der Waals surface area contributed by atoms with E-state index in [9.17, 15) is 18.0 Å². The van der Waals surface area contributed by atoms with Crippen LogP contribution < -0.4 is 10.2 Å². The summed E-state index contributed by atoms with van der Waals surface area (Å²) in [6.07, 6.45) is 0. The normalized spacial score (nSPS) is 14.6. The van der Waals surface area contributed by atoms with Crippen LogP contribution in [0.5, 0.6) is 0 Å². The molecule has 0 bridgehead atoms. The van der Waals surface area contributed by atoms with Gasteiger partial charge in [-0.1, -0.05) is 17.4 Å². The van der Waals surface area contributed by atoms with Crippen molar-refractivity contribution in [3.8, 4) is 0 Å². The van der Waals surface area contributed by atoms with Crippen molar-refractivity contribution in [3.05, 3.63) is 53.8 Å². The smallest absolute Gasteiger partial charge is 0.231 e. The molecule has 4 rings (SSSR count). The Labute approximate surface area is 144 Å². The van der Waals surface area contributed by atoms with Crippen molar-refractivity contribution in [3.63, 3.8) is 0 Å². The van der Waals surface area contributed by atoms with Crippen LogP contribution in [-0.4, -0.2) is 24.0 Å². The Balaban J connectivity index is 1.41. The molecule has 2 aromatic carbocycles. The number of carbonyl (C=O) groups is 1. The van der Waals surface area contributed by atoms with Gasteiger partial charge in [-0.15, -0.1) is 0 Å². The quantitative estimate of drug-likeness (QED) is 0.770. The second kappa shape index (κ2) is 6.03. The Bertz CT molecular complexity index is 969. The number of amides is 1. The van der Waals surface area contributed by atoms with E-state index in [0.29, 0.717) is 23.7 Å². The average molecular weight is 363 g/mol. The van der Waals surface area contributed by atoms with Crippen LogP contribution in [0.1, 0.15) is 0 Å². The summed E-state index contributed by atoms with van der Waals surface area (Å²) < 4.78 is 40.5. The van der Waals surface area contributed by atoms with Crippen LogP contribution in [0.25, 0.3) is 10.2 Å². The lowest BCUT2D eigenvalue weighted by atomic mass is 10.00. The first-order valence-corrected chi connectivity index (χ1v) is 8.39. The van der Waals surface area contributed by atoms with E-state index in [1.54, 1.807) is 12.1 Å². The summed E-state index contributed by atoms with van der Waals surface area (Å²) in [7, 11) is 0. The molecular weight excluding hydrogens is 351 g/mol. The molecule has 8 heteroatoms. The molecule has 0 unspecified atom stereocenters. The van der Waals surface area contributed by atoms with Gasteiger partial charge in [0.1, 0.15) is 11.3 Å². The lowest BCUT2D eigenvalue weighted by molar-refractivity contribution is -0.120. The molecule has 0 radical (unpaired) electrons. The van der Waals surface area contributed by atoms with Crippen molar-refractivity contribution < 1.29 is 18.0 Å². The summed E-state index contributed by atoms with van der Waals surface area (Å²) >= 11 is 1.37. The van der Waals surface area contributed by atoms with Gasteiger partial charge in [-0.25, -0.2) is 18.2 Å². The predicted octanol–water partition coefficient (Wildman–Crippen LogP) is 3.79. The lowest BCUT2D eigenvalue weighted by Crippen LogP contribution is -2.52. The number of thiazole rings is 1. The second-order valence-corrected chi connectivity index (χ2v) is 6.81. The largest absolute Gasteiger partial charge is 0.346 e. The van der Waals surface area contributed by atoms with Gasteiger partial charge in [0, 0.05) is 24.8 Å². The number of para-hydroxylation sites is 1. The molecule has 1 aromatic heterocycles. The molecular formula is C17H12F3N3OS. The molecule has 1 aliphatic heterocycles. The zero-order chi connectivity index (χ0) is 17.6. The third-order valence-corrected chi connectivity index (χ3v) is 5.15. The van der Waals surface area contributed by atoms with Gasteiger partial charge in [-0.2, -0.15) is 0 Å².